The maximum Gasteiger partial charge on any atom is 0.416 e. The van der Waals surface area contributed by atoms with Gasteiger partial charge in [-0.25, -0.2) is 4.98 Å². The first kappa shape index (κ1) is 15.2. The molecule has 0 fully saturated rings. The topological polar surface area (TPSA) is 61.0 Å². The quantitative estimate of drug-likeness (QED) is 0.942. The summed E-state index contributed by atoms with van der Waals surface area (Å²) in [6, 6.07) is 4.38. The van der Waals surface area contributed by atoms with E-state index in [0.29, 0.717) is 23.6 Å². The molecule has 0 aliphatic heterocycles. The summed E-state index contributed by atoms with van der Waals surface area (Å²) >= 11 is 0. The highest BCUT2D eigenvalue weighted by molar-refractivity contribution is 5.28. The molecule has 0 radical (unpaired) electrons. The third kappa shape index (κ3) is 3.69. The molecule has 2 aromatic rings. The second-order valence-electron chi connectivity index (χ2n) is 4.46. The van der Waals surface area contributed by atoms with Crippen LogP contribution in [0.3, 0.4) is 0 Å². The Kier molecular flexibility index (Phi) is 4.42. The summed E-state index contributed by atoms with van der Waals surface area (Å²) in [6.45, 7) is 0. The van der Waals surface area contributed by atoms with Crippen LogP contribution >= 0.6 is 0 Å². The molecule has 1 atom stereocenters. The number of benzene rings is 1. The lowest BCUT2D eigenvalue weighted by atomic mass is 10.0. The van der Waals surface area contributed by atoms with Gasteiger partial charge in [-0.2, -0.15) is 13.2 Å². The minimum absolute atomic E-state index is 0.317. The zero-order valence-electron chi connectivity index (χ0n) is 11.3. The van der Waals surface area contributed by atoms with E-state index >= 15 is 0 Å². The van der Waals surface area contributed by atoms with Crippen molar-refractivity contribution in [1.29, 1.82) is 0 Å². The third-order valence-electron chi connectivity index (χ3n) is 2.97. The van der Waals surface area contributed by atoms with Crippen LogP contribution in [0.5, 0.6) is 5.88 Å². The monoisotopic (exact) mass is 297 g/mol. The van der Waals surface area contributed by atoms with Gasteiger partial charge in [-0.1, -0.05) is 12.1 Å². The number of nitrogens with two attached hydrogens (primary N) is 1. The Morgan fingerprint density at radius 1 is 1.14 bits per heavy atom. The molecule has 7 heteroatoms. The van der Waals surface area contributed by atoms with Gasteiger partial charge in [0.15, 0.2) is 0 Å². The lowest BCUT2D eigenvalue weighted by Crippen LogP contribution is -2.16. The van der Waals surface area contributed by atoms with E-state index in [1.807, 2.05) is 0 Å². The smallest absolute Gasteiger partial charge is 0.416 e. The molecule has 21 heavy (non-hydrogen) atoms. The van der Waals surface area contributed by atoms with Crippen molar-refractivity contribution < 1.29 is 17.9 Å². The zero-order chi connectivity index (χ0) is 15.5. The number of hydrogen-bond acceptors (Lipinski definition) is 4. The van der Waals surface area contributed by atoms with Crippen LogP contribution in [-0.2, 0) is 12.6 Å². The average Bonchev–Trinajstić information content (AvgIpc) is 2.46. The van der Waals surface area contributed by atoms with E-state index in [1.54, 1.807) is 0 Å². The van der Waals surface area contributed by atoms with E-state index in [0.717, 1.165) is 12.1 Å². The Morgan fingerprint density at radius 3 is 2.33 bits per heavy atom. The van der Waals surface area contributed by atoms with Crippen LogP contribution in [-0.4, -0.2) is 17.1 Å². The van der Waals surface area contributed by atoms with Crippen LogP contribution in [0.2, 0.25) is 0 Å². The minimum atomic E-state index is -4.34. The Bertz CT molecular complexity index is 599. The number of methoxy groups -OCH3 is 1. The van der Waals surface area contributed by atoms with Crippen molar-refractivity contribution in [2.75, 3.05) is 7.11 Å². The number of aromatic nitrogens is 2. The molecule has 0 bridgehead atoms. The molecule has 2 N–H and O–H groups in total. The summed E-state index contributed by atoms with van der Waals surface area (Å²) in [4.78, 5) is 8.10. The molecule has 1 heterocycles. The highest BCUT2D eigenvalue weighted by atomic mass is 19.4. The Labute approximate surface area is 119 Å². The number of halogens is 3. The normalized spacial score (nSPS) is 13.0. The van der Waals surface area contributed by atoms with Gasteiger partial charge in [0.25, 0.3) is 0 Å². The molecule has 112 valence electrons. The van der Waals surface area contributed by atoms with Gasteiger partial charge < -0.3 is 10.5 Å². The molecule has 1 aromatic heterocycles. The van der Waals surface area contributed by atoms with Crippen molar-refractivity contribution >= 4 is 0 Å². The molecular weight excluding hydrogens is 283 g/mol. The van der Waals surface area contributed by atoms with Gasteiger partial charge in [-0.3, -0.25) is 4.98 Å². The minimum Gasteiger partial charge on any atom is -0.480 e. The summed E-state index contributed by atoms with van der Waals surface area (Å²) in [5.74, 6) is 0.317. The van der Waals surface area contributed by atoms with Crippen molar-refractivity contribution in [1.82, 2.24) is 9.97 Å². The maximum absolute atomic E-state index is 12.5. The van der Waals surface area contributed by atoms with Crippen LogP contribution in [0.15, 0.2) is 36.7 Å². The lowest BCUT2D eigenvalue weighted by molar-refractivity contribution is -0.137. The fourth-order valence-electron chi connectivity index (χ4n) is 1.93. The van der Waals surface area contributed by atoms with Crippen molar-refractivity contribution in [2.24, 2.45) is 5.73 Å². The molecule has 0 saturated carbocycles. The summed E-state index contributed by atoms with van der Waals surface area (Å²) in [5, 5.41) is 0. The number of rotatable bonds is 4. The fraction of sp³-hybridized carbons (Fsp3) is 0.286. The van der Waals surface area contributed by atoms with Crippen molar-refractivity contribution in [3.05, 3.63) is 53.5 Å². The molecule has 0 spiro atoms. The lowest BCUT2D eigenvalue weighted by Gasteiger charge is -2.14. The SMILES string of the molecule is COc1nccnc1C(N)Cc1ccc(C(F)(F)F)cc1. The molecule has 0 amide bonds. The van der Waals surface area contributed by atoms with Gasteiger partial charge in [0, 0.05) is 12.4 Å². The second kappa shape index (κ2) is 6.09. The van der Waals surface area contributed by atoms with Crippen molar-refractivity contribution in [2.45, 2.75) is 18.6 Å². The predicted molar refractivity (Wildman–Crippen MR) is 70.7 cm³/mol. The van der Waals surface area contributed by atoms with Gasteiger partial charge in [-0.15, -0.1) is 0 Å². The van der Waals surface area contributed by atoms with Gasteiger partial charge in [0.1, 0.15) is 5.69 Å². The zero-order valence-corrected chi connectivity index (χ0v) is 11.3. The van der Waals surface area contributed by atoms with E-state index in [1.165, 1.54) is 31.6 Å². The van der Waals surface area contributed by atoms with E-state index in [9.17, 15) is 13.2 Å². The first-order chi connectivity index (χ1) is 9.91. The van der Waals surface area contributed by atoms with E-state index in [-0.39, 0.29) is 0 Å². The number of ether oxygens (including phenoxy) is 1. The number of hydrogen-bond donors (Lipinski definition) is 1. The van der Waals surface area contributed by atoms with E-state index in [2.05, 4.69) is 9.97 Å². The van der Waals surface area contributed by atoms with Crippen LogP contribution in [0.1, 0.15) is 22.9 Å². The fourth-order valence-corrected chi connectivity index (χ4v) is 1.93. The van der Waals surface area contributed by atoms with Crippen molar-refractivity contribution in [3.8, 4) is 5.88 Å². The molecular formula is C14H14F3N3O. The highest BCUT2D eigenvalue weighted by Gasteiger charge is 2.30. The first-order valence-corrected chi connectivity index (χ1v) is 6.18. The third-order valence-corrected chi connectivity index (χ3v) is 2.97. The average molecular weight is 297 g/mol. The Hall–Kier alpha value is -2.15. The van der Waals surface area contributed by atoms with Crippen LogP contribution in [0, 0.1) is 0 Å². The summed E-state index contributed by atoms with van der Waals surface area (Å²) in [7, 11) is 1.46. The van der Waals surface area contributed by atoms with E-state index < -0.39 is 17.8 Å². The summed E-state index contributed by atoms with van der Waals surface area (Å²) in [5.41, 5.74) is 6.49. The Morgan fingerprint density at radius 2 is 1.76 bits per heavy atom. The van der Waals surface area contributed by atoms with Crippen LogP contribution in [0.4, 0.5) is 13.2 Å². The summed E-state index contributed by atoms with van der Waals surface area (Å²) < 4.78 is 42.5. The second-order valence-corrected chi connectivity index (χ2v) is 4.46. The number of alkyl halides is 3. The molecule has 0 aliphatic rings. The highest BCUT2D eigenvalue weighted by Crippen LogP contribution is 2.29. The van der Waals surface area contributed by atoms with Gasteiger partial charge in [0.2, 0.25) is 5.88 Å². The molecule has 1 unspecified atom stereocenters. The molecule has 2 rings (SSSR count). The molecule has 0 aliphatic carbocycles. The van der Waals surface area contributed by atoms with Crippen LogP contribution < -0.4 is 10.5 Å². The van der Waals surface area contributed by atoms with Crippen molar-refractivity contribution in [3.63, 3.8) is 0 Å². The molecule has 1 aromatic carbocycles. The number of nitrogens with zero attached hydrogens (tertiary/aromatic N) is 2. The molecule has 0 saturated heterocycles. The van der Waals surface area contributed by atoms with Gasteiger partial charge >= 0.3 is 6.18 Å². The van der Waals surface area contributed by atoms with Gasteiger partial charge in [-0.05, 0) is 24.1 Å². The van der Waals surface area contributed by atoms with E-state index in [4.69, 9.17) is 10.5 Å². The van der Waals surface area contributed by atoms with Crippen LogP contribution in [0.25, 0.3) is 0 Å². The standard InChI is InChI=1S/C14H14F3N3O/c1-21-13-12(19-6-7-20-13)11(18)8-9-2-4-10(5-3-9)14(15,16)17/h2-7,11H,8,18H2,1H3. The molecule has 4 nitrogen and oxygen atoms in total. The largest absolute Gasteiger partial charge is 0.480 e. The predicted octanol–water partition coefficient (Wildman–Crippen LogP) is 2.75. The Balaban J connectivity index is 2.14. The maximum atomic E-state index is 12.5. The summed E-state index contributed by atoms with van der Waals surface area (Å²) in [6.07, 6.45) is -1.03. The first-order valence-electron chi connectivity index (χ1n) is 6.18. The van der Waals surface area contributed by atoms with Gasteiger partial charge in [0.05, 0.1) is 18.7 Å².